The minimum absolute atomic E-state index is 0.240. The van der Waals surface area contributed by atoms with Crippen LogP contribution in [0.1, 0.15) is 19.4 Å². The van der Waals surface area contributed by atoms with Gasteiger partial charge in [0.2, 0.25) is 0 Å². The van der Waals surface area contributed by atoms with E-state index in [1.807, 2.05) is 20.2 Å². The first-order valence-corrected chi connectivity index (χ1v) is 7.63. The fourth-order valence-corrected chi connectivity index (χ4v) is 3.21. The zero-order chi connectivity index (χ0) is 14.1. The third kappa shape index (κ3) is 2.33. The molecule has 1 aliphatic rings. The summed E-state index contributed by atoms with van der Waals surface area (Å²) in [5.74, 6) is 1.88. The summed E-state index contributed by atoms with van der Waals surface area (Å²) in [6.45, 7) is 4.74. The minimum Gasteiger partial charge on any atom is -0.493 e. The maximum atomic E-state index is 5.85. The summed E-state index contributed by atoms with van der Waals surface area (Å²) in [7, 11) is 1.87. The third-order valence-corrected chi connectivity index (χ3v) is 4.33. The lowest BCUT2D eigenvalue weighted by Gasteiger charge is -2.11. The predicted molar refractivity (Wildman–Crippen MR) is 82.1 cm³/mol. The number of anilines is 1. The topological polar surface area (TPSA) is 43.4 Å². The number of nitrogens with one attached hydrogen (secondary N) is 1. The van der Waals surface area contributed by atoms with Gasteiger partial charge in [0.1, 0.15) is 17.6 Å². The van der Waals surface area contributed by atoms with Gasteiger partial charge in [-0.2, -0.15) is 0 Å². The number of nitrogens with zero attached hydrogens (tertiary/aromatic N) is 1. The highest BCUT2D eigenvalue weighted by Gasteiger charge is 2.23. The molecular weight excluding hydrogens is 272 g/mol. The normalized spacial score (nSPS) is 16.6. The molecule has 1 aromatic heterocycles. The van der Waals surface area contributed by atoms with E-state index in [4.69, 9.17) is 9.47 Å². The Kier molecular flexibility index (Phi) is 3.53. The van der Waals surface area contributed by atoms with Gasteiger partial charge in [0.15, 0.2) is 5.13 Å². The van der Waals surface area contributed by atoms with Gasteiger partial charge in [0.05, 0.1) is 11.5 Å². The van der Waals surface area contributed by atoms with Gasteiger partial charge in [0, 0.05) is 30.8 Å². The van der Waals surface area contributed by atoms with E-state index in [9.17, 15) is 0 Å². The molecule has 3 rings (SSSR count). The Morgan fingerprint density at radius 2 is 2.35 bits per heavy atom. The van der Waals surface area contributed by atoms with E-state index in [2.05, 4.69) is 29.4 Å². The van der Waals surface area contributed by atoms with Crippen LogP contribution in [0.4, 0.5) is 5.13 Å². The lowest BCUT2D eigenvalue weighted by Crippen LogP contribution is -2.05. The van der Waals surface area contributed by atoms with Gasteiger partial charge in [-0.25, -0.2) is 4.98 Å². The van der Waals surface area contributed by atoms with Crippen molar-refractivity contribution in [1.82, 2.24) is 4.98 Å². The first-order chi connectivity index (χ1) is 9.71. The van der Waals surface area contributed by atoms with Crippen molar-refractivity contribution in [3.05, 3.63) is 23.9 Å². The molecule has 4 nitrogen and oxygen atoms in total. The Balaban J connectivity index is 2.06. The Morgan fingerprint density at radius 1 is 1.50 bits per heavy atom. The van der Waals surface area contributed by atoms with Crippen LogP contribution in [-0.2, 0) is 6.42 Å². The van der Waals surface area contributed by atoms with E-state index in [-0.39, 0.29) is 6.10 Å². The molecule has 2 aromatic rings. The SMILES string of the molecule is CCOc1cc2c(cc1-c1cnc(NC)s1)OC(C)C2. The maximum Gasteiger partial charge on any atom is 0.182 e. The summed E-state index contributed by atoms with van der Waals surface area (Å²) in [5.41, 5.74) is 2.28. The van der Waals surface area contributed by atoms with E-state index in [0.29, 0.717) is 6.61 Å². The first kappa shape index (κ1) is 13.2. The lowest BCUT2D eigenvalue weighted by atomic mass is 10.1. The fraction of sp³-hybridized carbons (Fsp3) is 0.400. The Morgan fingerprint density at radius 3 is 3.05 bits per heavy atom. The molecule has 0 fully saturated rings. The molecule has 106 valence electrons. The highest BCUT2D eigenvalue weighted by atomic mass is 32.1. The molecule has 0 aliphatic carbocycles. The van der Waals surface area contributed by atoms with Crippen LogP contribution >= 0.6 is 11.3 Å². The van der Waals surface area contributed by atoms with E-state index in [0.717, 1.165) is 33.5 Å². The van der Waals surface area contributed by atoms with Crippen molar-refractivity contribution in [3.63, 3.8) is 0 Å². The summed E-state index contributed by atoms with van der Waals surface area (Å²) >= 11 is 1.61. The average Bonchev–Trinajstić information content (AvgIpc) is 3.03. The lowest BCUT2D eigenvalue weighted by molar-refractivity contribution is 0.254. The molecule has 0 spiro atoms. The number of benzene rings is 1. The van der Waals surface area contributed by atoms with E-state index >= 15 is 0 Å². The summed E-state index contributed by atoms with van der Waals surface area (Å²) in [5, 5.41) is 3.96. The molecule has 1 aliphatic heterocycles. The zero-order valence-corrected chi connectivity index (χ0v) is 12.7. The quantitative estimate of drug-likeness (QED) is 0.934. The Labute approximate surface area is 122 Å². The molecule has 0 amide bonds. The molecule has 1 aromatic carbocycles. The van der Waals surface area contributed by atoms with Crippen LogP contribution in [0.5, 0.6) is 11.5 Å². The van der Waals surface area contributed by atoms with E-state index < -0.39 is 0 Å². The summed E-state index contributed by atoms with van der Waals surface area (Å²) < 4.78 is 11.6. The van der Waals surface area contributed by atoms with Gasteiger partial charge < -0.3 is 14.8 Å². The highest BCUT2D eigenvalue weighted by molar-refractivity contribution is 7.18. The molecule has 20 heavy (non-hydrogen) atoms. The van der Waals surface area contributed by atoms with Gasteiger partial charge >= 0.3 is 0 Å². The third-order valence-electron chi connectivity index (χ3n) is 3.28. The van der Waals surface area contributed by atoms with Crippen LogP contribution in [0.2, 0.25) is 0 Å². The minimum atomic E-state index is 0.240. The predicted octanol–water partition coefficient (Wildman–Crippen LogP) is 3.57. The van der Waals surface area contributed by atoms with Crippen LogP contribution in [0.15, 0.2) is 18.3 Å². The van der Waals surface area contributed by atoms with E-state index in [1.54, 1.807) is 11.3 Å². The number of rotatable bonds is 4. The van der Waals surface area contributed by atoms with Crippen molar-refractivity contribution >= 4 is 16.5 Å². The molecule has 0 saturated heterocycles. The Bertz CT molecular complexity index is 624. The molecule has 0 bridgehead atoms. The van der Waals surface area contributed by atoms with Crippen molar-refractivity contribution < 1.29 is 9.47 Å². The van der Waals surface area contributed by atoms with Crippen molar-refractivity contribution in [1.29, 1.82) is 0 Å². The molecule has 0 saturated carbocycles. The van der Waals surface area contributed by atoms with Crippen LogP contribution in [-0.4, -0.2) is 24.7 Å². The number of hydrogen-bond donors (Lipinski definition) is 1. The van der Waals surface area contributed by atoms with Crippen molar-refractivity contribution in [2.45, 2.75) is 26.4 Å². The molecule has 1 unspecified atom stereocenters. The molecular formula is C15H18N2O2S. The first-order valence-electron chi connectivity index (χ1n) is 6.81. The maximum absolute atomic E-state index is 5.85. The monoisotopic (exact) mass is 290 g/mol. The molecule has 1 atom stereocenters. The van der Waals surface area contributed by atoms with Crippen molar-refractivity contribution in [2.75, 3.05) is 19.0 Å². The number of thiazole rings is 1. The average molecular weight is 290 g/mol. The van der Waals surface area contributed by atoms with Gasteiger partial charge in [-0.15, -0.1) is 0 Å². The number of fused-ring (bicyclic) bond motifs is 1. The molecule has 5 heteroatoms. The summed E-state index contributed by atoms with van der Waals surface area (Å²) in [6, 6.07) is 4.19. The largest absolute Gasteiger partial charge is 0.493 e. The molecule has 0 radical (unpaired) electrons. The van der Waals surface area contributed by atoms with Gasteiger partial charge in [-0.3, -0.25) is 0 Å². The molecule has 2 heterocycles. The van der Waals surface area contributed by atoms with Crippen molar-refractivity contribution in [2.24, 2.45) is 0 Å². The number of aromatic nitrogens is 1. The second kappa shape index (κ2) is 5.32. The van der Waals surface area contributed by atoms with Crippen molar-refractivity contribution in [3.8, 4) is 21.9 Å². The van der Waals surface area contributed by atoms with Crippen LogP contribution in [0, 0.1) is 0 Å². The van der Waals surface area contributed by atoms with Gasteiger partial charge in [0.25, 0.3) is 0 Å². The van der Waals surface area contributed by atoms with E-state index in [1.165, 1.54) is 5.56 Å². The zero-order valence-electron chi connectivity index (χ0n) is 11.9. The number of ether oxygens (including phenoxy) is 2. The van der Waals surface area contributed by atoms with Gasteiger partial charge in [-0.1, -0.05) is 11.3 Å². The van der Waals surface area contributed by atoms with Crippen LogP contribution < -0.4 is 14.8 Å². The smallest absolute Gasteiger partial charge is 0.182 e. The fourth-order valence-electron chi connectivity index (χ4n) is 2.42. The second-order valence-electron chi connectivity index (χ2n) is 4.80. The van der Waals surface area contributed by atoms with Crippen LogP contribution in [0.25, 0.3) is 10.4 Å². The standard InChI is InChI=1S/C15H18N2O2S/c1-4-18-13-6-10-5-9(2)19-12(10)7-11(13)14-8-17-15(16-3)20-14/h6-9H,4-5H2,1-3H3,(H,16,17). The number of hydrogen-bond acceptors (Lipinski definition) is 5. The Hall–Kier alpha value is -1.75. The second-order valence-corrected chi connectivity index (χ2v) is 5.83. The summed E-state index contributed by atoms with van der Waals surface area (Å²) in [4.78, 5) is 5.42. The van der Waals surface area contributed by atoms with Gasteiger partial charge in [-0.05, 0) is 26.0 Å². The summed E-state index contributed by atoms with van der Waals surface area (Å²) in [6.07, 6.45) is 3.06. The molecule has 1 N–H and O–H groups in total. The highest BCUT2D eigenvalue weighted by Crippen LogP contribution is 2.42. The van der Waals surface area contributed by atoms with Crippen LogP contribution in [0.3, 0.4) is 0 Å².